The van der Waals surface area contributed by atoms with Crippen molar-refractivity contribution in [2.45, 2.75) is 25.5 Å². The maximum Gasteiger partial charge on any atom is 0.429 e. The Labute approximate surface area is 192 Å². The Morgan fingerprint density at radius 1 is 1.15 bits per heavy atom. The Bertz CT molecular complexity index is 897. The number of carbonyl (C=O) groups is 4. The van der Waals surface area contributed by atoms with E-state index in [0.29, 0.717) is 12.0 Å². The van der Waals surface area contributed by atoms with Crippen LogP contribution in [0, 0.1) is 11.8 Å². The number of hydrazine groups is 1. The maximum atomic E-state index is 12.9. The van der Waals surface area contributed by atoms with Crippen LogP contribution in [0.25, 0.3) is 0 Å². The molecule has 1 N–H and O–H groups in total. The largest absolute Gasteiger partial charge is 0.457 e. The first-order valence-corrected chi connectivity index (χ1v) is 10.7. The van der Waals surface area contributed by atoms with Gasteiger partial charge in [0.15, 0.2) is 0 Å². The molecule has 3 rings (SSSR count). The summed E-state index contributed by atoms with van der Waals surface area (Å²) >= 11 is 0. The van der Waals surface area contributed by atoms with E-state index >= 15 is 0 Å². The molecule has 0 saturated carbocycles. The number of aliphatic hydroxyl groups excluding tert-OH is 1. The van der Waals surface area contributed by atoms with Crippen molar-refractivity contribution in [2.75, 3.05) is 40.4 Å². The number of esters is 1. The summed E-state index contributed by atoms with van der Waals surface area (Å²) in [6, 6.07) is -0.804. The molecule has 0 radical (unpaired) electrons. The highest BCUT2D eigenvalue weighted by Crippen LogP contribution is 2.47. The quantitative estimate of drug-likeness (QED) is 0.337. The highest BCUT2D eigenvalue weighted by molar-refractivity contribution is 6.00. The third-order valence-electron chi connectivity index (χ3n) is 6.00. The fourth-order valence-electron chi connectivity index (χ4n) is 4.54. The molecule has 2 saturated heterocycles. The molecule has 0 aromatic carbocycles. The fraction of sp³-hybridized carbons (Fsp3) is 0.545. The van der Waals surface area contributed by atoms with Crippen LogP contribution in [0.2, 0.25) is 0 Å². The molecule has 0 bridgehead atoms. The second kappa shape index (κ2) is 9.65. The molecule has 11 heteroatoms. The molecule has 0 aromatic rings. The Morgan fingerprint density at radius 2 is 1.76 bits per heavy atom. The monoisotopic (exact) mass is 462 g/mol. The fourth-order valence-corrected chi connectivity index (χ4v) is 4.54. The number of urea groups is 1. The number of nitrogens with zero attached hydrogens (tertiary/aromatic N) is 4. The lowest BCUT2D eigenvalue weighted by molar-refractivity contribution is -0.162. The van der Waals surface area contributed by atoms with Crippen LogP contribution in [0.1, 0.15) is 13.3 Å². The number of fused-ring (bicyclic) bond motifs is 1. The van der Waals surface area contributed by atoms with Gasteiger partial charge in [0.1, 0.15) is 18.9 Å². The minimum Gasteiger partial charge on any atom is -0.457 e. The summed E-state index contributed by atoms with van der Waals surface area (Å²) in [5, 5.41) is 12.5. The summed E-state index contributed by atoms with van der Waals surface area (Å²) in [5.41, 5.74) is 0.730. The summed E-state index contributed by atoms with van der Waals surface area (Å²) in [7, 11) is 3.13. The zero-order chi connectivity index (χ0) is 24.4. The topological polar surface area (TPSA) is 120 Å². The van der Waals surface area contributed by atoms with Crippen LogP contribution in [0.4, 0.5) is 9.59 Å². The van der Waals surface area contributed by atoms with Gasteiger partial charge in [-0.15, -0.1) is 0 Å². The van der Waals surface area contributed by atoms with E-state index in [2.05, 4.69) is 13.2 Å². The number of carbonyl (C=O) groups excluding carboxylic acids is 4. The molecule has 33 heavy (non-hydrogen) atoms. The number of β-lactam (4-membered cyclic amide) rings is 1. The number of hydrogen-bond acceptors (Lipinski definition) is 7. The van der Waals surface area contributed by atoms with Crippen molar-refractivity contribution in [3.8, 4) is 0 Å². The van der Waals surface area contributed by atoms with Gasteiger partial charge in [0.2, 0.25) is 5.91 Å². The molecule has 4 atom stereocenters. The smallest absolute Gasteiger partial charge is 0.429 e. The lowest BCUT2D eigenvalue weighted by atomic mass is 9.82. The van der Waals surface area contributed by atoms with Gasteiger partial charge in [0, 0.05) is 20.0 Å². The maximum absolute atomic E-state index is 12.9. The normalized spacial score (nSPS) is 24.8. The van der Waals surface area contributed by atoms with Gasteiger partial charge in [-0.05, 0) is 18.9 Å². The predicted octanol–water partition coefficient (Wildman–Crippen LogP) is 0.734. The minimum absolute atomic E-state index is 0.0216. The molecule has 0 aliphatic carbocycles. The van der Waals surface area contributed by atoms with Crippen LogP contribution in [0.15, 0.2) is 36.6 Å². The van der Waals surface area contributed by atoms with Gasteiger partial charge < -0.3 is 24.4 Å². The summed E-state index contributed by atoms with van der Waals surface area (Å²) in [6.45, 7) is 8.73. The van der Waals surface area contributed by atoms with Crippen molar-refractivity contribution in [3.05, 3.63) is 36.6 Å². The molecule has 11 nitrogen and oxygen atoms in total. The van der Waals surface area contributed by atoms with E-state index in [9.17, 15) is 24.3 Å². The SMILES string of the molecule is C=CCOC(=O)C1=C(C2CN(C(=O)OCC=C)N(C(=O)N(C)C)C2)C[C@@H]2[C@@H]([C@@H](C)O)C(=O)N12. The zero-order valence-electron chi connectivity index (χ0n) is 19.1. The Kier molecular flexibility index (Phi) is 7.11. The van der Waals surface area contributed by atoms with Crippen molar-refractivity contribution in [3.63, 3.8) is 0 Å². The molecule has 0 spiro atoms. The van der Waals surface area contributed by atoms with Crippen molar-refractivity contribution >= 4 is 24.0 Å². The Morgan fingerprint density at radius 3 is 2.33 bits per heavy atom. The van der Waals surface area contributed by atoms with E-state index in [0.717, 1.165) is 0 Å². The second-order valence-corrected chi connectivity index (χ2v) is 8.41. The van der Waals surface area contributed by atoms with Crippen molar-refractivity contribution in [2.24, 2.45) is 11.8 Å². The van der Waals surface area contributed by atoms with E-state index in [-0.39, 0.29) is 43.9 Å². The second-order valence-electron chi connectivity index (χ2n) is 8.41. The molecule has 0 aromatic heterocycles. The molecule has 180 valence electrons. The molecule has 1 unspecified atom stereocenters. The average Bonchev–Trinajstić information content (AvgIpc) is 3.34. The Hall–Kier alpha value is -3.34. The number of hydrogen-bond donors (Lipinski definition) is 1. The van der Waals surface area contributed by atoms with E-state index in [1.54, 1.807) is 14.1 Å². The van der Waals surface area contributed by atoms with E-state index in [4.69, 9.17) is 9.47 Å². The van der Waals surface area contributed by atoms with Gasteiger partial charge in [0.05, 0.1) is 31.2 Å². The van der Waals surface area contributed by atoms with Gasteiger partial charge in [-0.3, -0.25) is 4.79 Å². The van der Waals surface area contributed by atoms with Crippen LogP contribution in [-0.4, -0.2) is 101 Å². The van der Waals surface area contributed by atoms with Gasteiger partial charge in [-0.2, -0.15) is 0 Å². The number of ether oxygens (including phenoxy) is 2. The van der Waals surface area contributed by atoms with Crippen molar-refractivity contribution in [1.29, 1.82) is 0 Å². The summed E-state index contributed by atoms with van der Waals surface area (Å²) < 4.78 is 10.4. The number of rotatable bonds is 7. The van der Waals surface area contributed by atoms with Crippen molar-refractivity contribution in [1.82, 2.24) is 19.8 Å². The predicted molar refractivity (Wildman–Crippen MR) is 116 cm³/mol. The van der Waals surface area contributed by atoms with E-state index in [1.807, 2.05) is 0 Å². The van der Waals surface area contributed by atoms with Crippen LogP contribution < -0.4 is 0 Å². The van der Waals surface area contributed by atoms with Crippen LogP contribution in [-0.2, 0) is 19.1 Å². The molecular formula is C22H30N4O7. The third-order valence-corrected chi connectivity index (χ3v) is 6.00. The average molecular weight is 463 g/mol. The summed E-state index contributed by atoms with van der Waals surface area (Å²) in [5.74, 6) is -2.08. The zero-order valence-corrected chi connectivity index (χ0v) is 19.1. The van der Waals surface area contributed by atoms with Gasteiger partial charge >= 0.3 is 18.1 Å². The minimum atomic E-state index is -0.871. The van der Waals surface area contributed by atoms with Crippen molar-refractivity contribution < 1.29 is 33.8 Å². The standard InChI is InChI=1S/C22H30N4O7/c1-6-8-32-20(29)18-15(10-16-17(13(3)27)19(28)26(16)18)14-11-24(21(30)23(4)5)25(12-14)22(31)33-9-7-2/h6-7,13-14,16-17,27H,1-2,8-12H2,3-5H3/t13-,14?,16-,17-/m1/s1. The molecule has 3 heterocycles. The van der Waals surface area contributed by atoms with E-state index in [1.165, 1.54) is 38.9 Å². The molecule has 3 aliphatic rings. The van der Waals surface area contributed by atoms with E-state index < -0.39 is 36.0 Å². The van der Waals surface area contributed by atoms with Gasteiger partial charge in [0.25, 0.3) is 0 Å². The number of amides is 4. The first-order valence-electron chi connectivity index (χ1n) is 10.7. The van der Waals surface area contributed by atoms with Crippen LogP contribution in [0.5, 0.6) is 0 Å². The van der Waals surface area contributed by atoms with Gasteiger partial charge in [-0.25, -0.2) is 24.4 Å². The highest BCUT2D eigenvalue weighted by Gasteiger charge is 2.58. The highest BCUT2D eigenvalue weighted by atomic mass is 16.6. The Balaban J connectivity index is 1.94. The lowest BCUT2D eigenvalue weighted by Gasteiger charge is -2.44. The molecule has 3 aliphatic heterocycles. The van der Waals surface area contributed by atoms with Gasteiger partial charge in [-0.1, -0.05) is 25.3 Å². The number of aliphatic hydroxyl groups is 1. The van der Waals surface area contributed by atoms with Crippen LogP contribution in [0.3, 0.4) is 0 Å². The van der Waals surface area contributed by atoms with Crippen LogP contribution >= 0.6 is 0 Å². The summed E-state index contributed by atoms with van der Waals surface area (Å²) in [6.07, 6.45) is 1.59. The first kappa shape index (κ1) is 24.3. The first-order chi connectivity index (χ1) is 15.6. The molecular weight excluding hydrogens is 432 g/mol. The molecule has 2 fully saturated rings. The molecule has 4 amide bonds. The lowest BCUT2D eigenvalue weighted by Crippen LogP contribution is -2.61. The third kappa shape index (κ3) is 4.32. The summed E-state index contributed by atoms with van der Waals surface area (Å²) in [4.78, 5) is 53.7.